The number of nitrogens with one attached hydrogen (secondary N) is 2. The summed E-state index contributed by atoms with van der Waals surface area (Å²) < 4.78 is 44.6. The Balaban J connectivity index is 1.26. The molecule has 2 aromatic heterocycles. The number of amides is 1. The van der Waals surface area contributed by atoms with Gasteiger partial charge < -0.3 is 48.2 Å². The molecule has 0 bridgehead atoms. The molecule has 0 unspecified atom stereocenters. The summed E-state index contributed by atoms with van der Waals surface area (Å²) >= 11 is 1.60. The third kappa shape index (κ3) is 11.2. The number of ether oxygens (including phenoxy) is 8. The van der Waals surface area contributed by atoms with E-state index in [4.69, 9.17) is 42.9 Å². The third-order valence-electron chi connectivity index (χ3n) is 7.33. The fraction of sp³-hybridized carbons (Fsp3) is 0.472. The Bertz CT molecular complexity index is 1630. The molecule has 14 heteroatoms. The molecule has 4 aromatic rings. The fourth-order valence-corrected chi connectivity index (χ4v) is 5.95. The van der Waals surface area contributed by atoms with Gasteiger partial charge in [0, 0.05) is 23.4 Å². The molecule has 270 valence electrons. The van der Waals surface area contributed by atoms with Crippen molar-refractivity contribution in [2.75, 3.05) is 73.2 Å². The number of aromatic nitrogens is 2. The molecular weight excluding hydrogens is 666 g/mol. The van der Waals surface area contributed by atoms with E-state index in [1.54, 1.807) is 32.1 Å². The molecule has 0 fully saturated rings. The minimum atomic E-state index is -0.885. The quantitative estimate of drug-likeness (QED) is 0.248. The van der Waals surface area contributed by atoms with Gasteiger partial charge in [-0.15, -0.1) is 11.3 Å². The summed E-state index contributed by atoms with van der Waals surface area (Å²) in [5.41, 5.74) is 2.73. The molecule has 5 rings (SSSR count). The number of nitrogens with zero attached hydrogens (tertiary/aromatic N) is 1. The van der Waals surface area contributed by atoms with Crippen molar-refractivity contribution in [3.05, 3.63) is 54.1 Å². The first kappa shape index (κ1) is 37.1. The van der Waals surface area contributed by atoms with Gasteiger partial charge in [-0.05, 0) is 44.0 Å². The first-order valence-electron chi connectivity index (χ1n) is 16.6. The van der Waals surface area contributed by atoms with Gasteiger partial charge in [0.2, 0.25) is 0 Å². The number of esters is 1. The highest BCUT2D eigenvalue weighted by atomic mass is 32.1. The predicted molar refractivity (Wildman–Crippen MR) is 188 cm³/mol. The second-order valence-corrected chi connectivity index (χ2v) is 13.4. The largest absolute Gasteiger partial charge is 0.487 e. The van der Waals surface area contributed by atoms with Gasteiger partial charge in [0.05, 0.1) is 75.9 Å². The zero-order chi connectivity index (χ0) is 35.3. The summed E-state index contributed by atoms with van der Waals surface area (Å²) in [6.07, 6.45) is -0.426. The van der Waals surface area contributed by atoms with Crippen LogP contribution in [0, 0.1) is 0 Å². The number of alkyl carbamates (subject to hydrolysis) is 1. The molecule has 0 radical (unpaired) electrons. The maximum absolute atomic E-state index is 12.4. The molecule has 1 amide bonds. The van der Waals surface area contributed by atoms with Gasteiger partial charge in [-0.2, -0.15) is 0 Å². The lowest BCUT2D eigenvalue weighted by molar-refractivity contribution is -0.143. The number of imidazole rings is 1. The van der Waals surface area contributed by atoms with Crippen LogP contribution >= 0.6 is 11.3 Å². The Hall–Kier alpha value is -4.21. The maximum Gasteiger partial charge on any atom is 0.408 e. The lowest BCUT2D eigenvalue weighted by Gasteiger charge is -2.22. The van der Waals surface area contributed by atoms with Crippen LogP contribution in [0.4, 0.5) is 4.79 Å². The van der Waals surface area contributed by atoms with E-state index in [0.717, 1.165) is 37.7 Å². The van der Waals surface area contributed by atoms with Gasteiger partial charge in [0.25, 0.3) is 0 Å². The van der Waals surface area contributed by atoms with Gasteiger partial charge in [0.15, 0.2) is 11.5 Å². The third-order valence-corrected chi connectivity index (χ3v) is 8.47. The average Bonchev–Trinajstić information content (AvgIpc) is 3.74. The topological polar surface area (TPSA) is 149 Å². The van der Waals surface area contributed by atoms with Gasteiger partial charge in [0.1, 0.15) is 30.7 Å². The highest BCUT2D eigenvalue weighted by Gasteiger charge is 2.25. The summed E-state index contributed by atoms with van der Waals surface area (Å²) in [7, 11) is 1.29. The second kappa shape index (κ2) is 18.2. The monoisotopic (exact) mass is 711 g/mol. The minimum Gasteiger partial charge on any atom is -0.487 e. The number of hydrogen-bond acceptors (Lipinski definition) is 12. The minimum absolute atomic E-state index is 0.252. The van der Waals surface area contributed by atoms with Crippen molar-refractivity contribution >= 4 is 34.4 Å². The number of fused-ring (bicyclic) bond motifs is 2. The summed E-state index contributed by atoms with van der Waals surface area (Å²) in [4.78, 5) is 35.0. The smallest absolute Gasteiger partial charge is 0.408 e. The highest BCUT2D eigenvalue weighted by Crippen LogP contribution is 2.37. The summed E-state index contributed by atoms with van der Waals surface area (Å²) in [5, 5.41) is 2.62. The molecule has 0 saturated heterocycles. The number of methoxy groups -OCH3 is 1. The summed E-state index contributed by atoms with van der Waals surface area (Å²) in [6, 6.07) is 14.8. The Kier molecular flexibility index (Phi) is 13.5. The van der Waals surface area contributed by atoms with Gasteiger partial charge in [-0.1, -0.05) is 24.3 Å². The number of carbonyl (C=O) groups is 2. The van der Waals surface area contributed by atoms with E-state index in [1.807, 2.05) is 48.5 Å². The van der Waals surface area contributed by atoms with E-state index < -0.39 is 23.7 Å². The molecule has 1 aliphatic heterocycles. The van der Waals surface area contributed by atoms with E-state index in [9.17, 15) is 9.59 Å². The number of thiophene rings is 1. The lowest BCUT2D eigenvalue weighted by Crippen LogP contribution is -2.45. The summed E-state index contributed by atoms with van der Waals surface area (Å²) in [5.74, 6) is 1.33. The summed E-state index contributed by atoms with van der Waals surface area (Å²) in [6.45, 7) is 9.70. The van der Waals surface area contributed by atoms with Gasteiger partial charge in [-0.25, -0.2) is 14.6 Å². The van der Waals surface area contributed by atoms with Crippen LogP contribution in [0.3, 0.4) is 0 Å². The van der Waals surface area contributed by atoms with Crippen LogP contribution in [-0.2, 0) is 39.6 Å². The molecule has 2 N–H and O–H groups in total. The van der Waals surface area contributed by atoms with Crippen LogP contribution in [-0.4, -0.2) is 107 Å². The highest BCUT2D eigenvalue weighted by molar-refractivity contribution is 7.18. The van der Waals surface area contributed by atoms with Crippen LogP contribution in [0.1, 0.15) is 26.3 Å². The van der Waals surface area contributed by atoms with E-state index in [1.165, 1.54) is 7.11 Å². The number of rotatable bonds is 6. The fourth-order valence-electron chi connectivity index (χ4n) is 4.99. The molecule has 13 nitrogen and oxygen atoms in total. The Morgan fingerprint density at radius 2 is 1.38 bits per heavy atom. The van der Waals surface area contributed by atoms with Gasteiger partial charge >= 0.3 is 12.1 Å². The van der Waals surface area contributed by atoms with E-state index in [0.29, 0.717) is 77.6 Å². The molecule has 0 saturated carbocycles. The molecular formula is C36H45N3O10S. The lowest BCUT2D eigenvalue weighted by atomic mass is 10.0. The molecule has 0 aliphatic carbocycles. The van der Waals surface area contributed by atoms with Crippen molar-refractivity contribution in [1.82, 2.24) is 15.3 Å². The van der Waals surface area contributed by atoms with Crippen molar-refractivity contribution in [2.45, 2.75) is 38.8 Å². The first-order chi connectivity index (χ1) is 24.2. The van der Waals surface area contributed by atoms with Crippen molar-refractivity contribution in [3.63, 3.8) is 0 Å². The molecule has 50 heavy (non-hydrogen) atoms. The number of hydrogen-bond donors (Lipinski definition) is 2. The van der Waals surface area contributed by atoms with Crippen LogP contribution in [0.2, 0.25) is 0 Å². The van der Waals surface area contributed by atoms with Crippen molar-refractivity contribution < 1.29 is 47.5 Å². The molecule has 2 aromatic carbocycles. The Labute approximate surface area is 295 Å². The normalized spacial score (nSPS) is 16.2. The number of benzene rings is 2. The van der Waals surface area contributed by atoms with Crippen molar-refractivity contribution in [2.24, 2.45) is 0 Å². The van der Waals surface area contributed by atoms with Crippen molar-refractivity contribution in [1.29, 1.82) is 0 Å². The molecule has 1 atom stereocenters. The Morgan fingerprint density at radius 3 is 1.96 bits per heavy atom. The van der Waals surface area contributed by atoms with Crippen molar-refractivity contribution in [3.8, 4) is 32.6 Å². The zero-order valence-corrected chi connectivity index (χ0v) is 29.7. The van der Waals surface area contributed by atoms with Crippen LogP contribution in [0.25, 0.3) is 32.2 Å². The van der Waals surface area contributed by atoms with Crippen LogP contribution < -0.4 is 14.8 Å². The molecule has 0 spiro atoms. The Morgan fingerprint density at radius 1 is 0.820 bits per heavy atom. The number of H-pyrrole nitrogens is 1. The second-order valence-electron chi connectivity index (χ2n) is 12.3. The number of carbonyl (C=O) groups excluding carboxylic acids is 2. The van der Waals surface area contributed by atoms with Crippen LogP contribution in [0.15, 0.2) is 48.5 Å². The average molecular weight is 712 g/mol. The van der Waals surface area contributed by atoms with E-state index in [2.05, 4.69) is 10.3 Å². The maximum atomic E-state index is 12.4. The first-order valence-corrected chi connectivity index (χ1v) is 17.4. The predicted octanol–water partition coefficient (Wildman–Crippen LogP) is 5.40. The number of aromatic amines is 1. The zero-order valence-electron chi connectivity index (χ0n) is 28.9. The molecule has 3 heterocycles. The van der Waals surface area contributed by atoms with Gasteiger partial charge in [-0.3, -0.25) is 0 Å². The molecule has 1 aliphatic rings. The van der Waals surface area contributed by atoms with E-state index >= 15 is 0 Å². The SMILES string of the molecule is COC(=O)[C@H](Cc1ccc(-c2ccc(-c3nc4cc5c(cc4[nH]3)OCCOCCOCCOCCOCCO5)s2)cc1)NC(=O)OC(C)(C)C. The van der Waals surface area contributed by atoms with Crippen LogP contribution in [0.5, 0.6) is 11.5 Å². The standard InChI is InChI=1S/C36H45N3O10S/c1-36(2,3)49-35(41)39-28(34(40)42-4)21-24-5-7-25(8-6-24)31-9-10-32(50-31)33-37-26-22-29-30(23-27(26)38-33)48-20-18-46-16-14-44-12-11-43-13-15-45-17-19-47-29/h5-10,22-23,28H,11-21H2,1-4H3,(H,37,38)(H,39,41)/t28-/m0/s1. The van der Waals surface area contributed by atoms with E-state index in [-0.39, 0.29) is 6.42 Å².